The number of likely N-dealkylation sites (tertiary alicyclic amines) is 1. The number of carbonyl (C=O) groups excluding carboxylic acids is 1. The minimum absolute atomic E-state index is 0.0878. The van der Waals surface area contributed by atoms with Crippen LogP contribution in [-0.2, 0) is 4.74 Å². The molecular formula is C15H25NO2. The predicted octanol–water partition coefficient (Wildman–Crippen LogP) is 3.44. The molecule has 1 amide bonds. The highest BCUT2D eigenvalue weighted by Crippen LogP contribution is 2.65. The van der Waals surface area contributed by atoms with Gasteiger partial charge in [-0.15, -0.1) is 0 Å². The fourth-order valence-corrected chi connectivity index (χ4v) is 3.63. The number of hydrogen-bond acceptors (Lipinski definition) is 2. The van der Waals surface area contributed by atoms with Crippen LogP contribution >= 0.6 is 0 Å². The summed E-state index contributed by atoms with van der Waals surface area (Å²) in [7, 11) is 0. The van der Waals surface area contributed by atoms with Crippen LogP contribution in [0.25, 0.3) is 0 Å². The molecule has 0 atom stereocenters. The summed E-state index contributed by atoms with van der Waals surface area (Å²) in [5.41, 5.74) is 1.16. The lowest BCUT2D eigenvalue weighted by Crippen LogP contribution is -2.64. The summed E-state index contributed by atoms with van der Waals surface area (Å²) >= 11 is 0. The van der Waals surface area contributed by atoms with Crippen LogP contribution in [0.5, 0.6) is 0 Å². The van der Waals surface area contributed by atoms with E-state index >= 15 is 0 Å². The molecule has 3 nitrogen and oxygen atoms in total. The van der Waals surface area contributed by atoms with Crippen LogP contribution in [-0.4, -0.2) is 30.7 Å². The predicted molar refractivity (Wildman–Crippen MR) is 70.3 cm³/mol. The molecule has 0 aromatic rings. The third-order valence-corrected chi connectivity index (χ3v) is 5.42. The first kappa shape index (κ1) is 12.3. The molecule has 1 saturated heterocycles. The van der Waals surface area contributed by atoms with Crippen LogP contribution < -0.4 is 0 Å². The maximum atomic E-state index is 11.7. The van der Waals surface area contributed by atoms with Crippen molar-refractivity contribution in [3.05, 3.63) is 0 Å². The first-order valence-corrected chi connectivity index (χ1v) is 7.49. The SMILES string of the molecule is CCCCOC(=O)N1CC2(CC(C3(C)CC3)C2)C1. The van der Waals surface area contributed by atoms with E-state index in [9.17, 15) is 4.79 Å². The topological polar surface area (TPSA) is 29.5 Å². The Labute approximate surface area is 110 Å². The first-order valence-electron chi connectivity index (χ1n) is 7.49. The van der Waals surface area contributed by atoms with Gasteiger partial charge in [0.15, 0.2) is 0 Å². The zero-order valence-corrected chi connectivity index (χ0v) is 11.7. The van der Waals surface area contributed by atoms with Crippen molar-refractivity contribution >= 4 is 6.09 Å². The van der Waals surface area contributed by atoms with E-state index in [1.807, 2.05) is 4.90 Å². The summed E-state index contributed by atoms with van der Waals surface area (Å²) in [5, 5.41) is 0. The van der Waals surface area contributed by atoms with Crippen LogP contribution in [0.1, 0.15) is 52.4 Å². The Morgan fingerprint density at radius 3 is 2.56 bits per heavy atom. The summed E-state index contributed by atoms with van der Waals surface area (Å²) in [5.74, 6) is 0.941. The van der Waals surface area contributed by atoms with Gasteiger partial charge in [0.1, 0.15) is 0 Å². The van der Waals surface area contributed by atoms with E-state index in [1.54, 1.807) is 0 Å². The lowest BCUT2D eigenvalue weighted by atomic mass is 9.54. The molecule has 2 saturated carbocycles. The second kappa shape index (κ2) is 4.14. The molecule has 102 valence electrons. The highest BCUT2D eigenvalue weighted by molar-refractivity contribution is 5.69. The molecule has 3 rings (SSSR count). The Kier molecular flexibility index (Phi) is 2.83. The number of unbranched alkanes of at least 4 members (excludes halogenated alkanes) is 1. The number of rotatable bonds is 4. The van der Waals surface area contributed by atoms with Gasteiger partial charge in [0, 0.05) is 18.5 Å². The van der Waals surface area contributed by atoms with Crippen LogP contribution in [0.2, 0.25) is 0 Å². The highest BCUT2D eigenvalue weighted by Gasteiger charge is 2.60. The molecule has 2 aliphatic carbocycles. The summed E-state index contributed by atoms with van der Waals surface area (Å²) in [4.78, 5) is 13.6. The number of nitrogens with zero attached hydrogens (tertiary/aromatic N) is 1. The van der Waals surface area contributed by atoms with Crippen molar-refractivity contribution in [2.24, 2.45) is 16.7 Å². The van der Waals surface area contributed by atoms with E-state index in [0.29, 0.717) is 17.4 Å². The molecule has 18 heavy (non-hydrogen) atoms. The van der Waals surface area contributed by atoms with Gasteiger partial charge in [-0.3, -0.25) is 0 Å². The first-order chi connectivity index (χ1) is 8.57. The molecule has 3 aliphatic rings. The van der Waals surface area contributed by atoms with Crippen molar-refractivity contribution in [2.75, 3.05) is 19.7 Å². The van der Waals surface area contributed by atoms with Crippen LogP contribution in [0.3, 0.4) is 0 Å². The van der Waals surface area contributed by atoms with Crippen molar-refractivity contribution in [1.82, 2.24) is 4.90 Å². The fourth-order valence-electron chi connectivity index (χ4n) is 3.63. The molecule has 1 aliphatic heterocycles. The molecule has 3 fully saturated rings. The smallest absolute Gasteiger partial charge is 0.409 e. The molecule has 0 radical (unpaired) electrons. The maximum Gasteiger partial charge on any atom is 0.409 e. The monoisotopic (exact) mass is 251 g/mol. The molecular weight excluding hydrogens is 226 g/mol. The second-order valence-electron chi connectivity index (χ2n) is 7.08. The Morgan fingerprint density at radius 1 is 1.33 bits per heavy atom. The van der Waals surface area contributed by atoms with Gasteiger partial charge in [0.2, 0.25) is 0 Å². The molecule has 1 spiro atoms. The molecule has 0 aromatic carbocycles. The molecule has 0 N–H and O–H groups in total. The average Bonchev–Trinajstić information content (AvgIpc) is 2.93. The van der Waals surface area contributed by atoms with Gasteiger partial charge >= 0.3 is 6.09 Å². The van der Waals surface area contributed by atoms with Gasteiger partial charge in [-0.2, -0.15) is 0 Å². The maximum absolute atomic E-state index is 11.7. The van der Waals surface area contributed by atoms with Crippen LogP contribution in [0, 0.1) is 16.7 Å². The van der Waals surface area contributed by atoms with E-state index in [2.05, 4.69) is 13.8 Å². The van der Waals surface area contributed by atoms with Gasteiger partial charge in [0.25, 0.3) is 0 Å². The Morgan fingerprint density at radius 2 is 2.00 bits per heavy atom. The van der Waals surface area contributed by atoms with Crippen molar-refractivity contribution in [3.8, 4) is 0 Å². The zero-order chi connectivity index (χ0) is 12.8. The molecule has 0 aromatic heterocycles. The average molecular weight is 251 g/mol. The summed E-state index contributed by atoms with van der Waals surface area (Å²) in [6, 6.07) is 0. The van der Waals surface area contributed by atoms with Crippen molar-refractivity contribution in [1.29, 1.82) is 0 Å². The van der Waals surface area contributed by atoms with Crippen molar-refractivity contribution < 1.29 is 9.53 Å². The van der Waals surface area contributed by atoms with E-state index < -0.39 is 0 Å². The number of carbonyl (C=O) groups is 1. The largest absolute Gasteiger partial charge is 0.449 e. The third-order valence-electron chi connectivity index (χ3n) is 5.42. The van der Waals surface area contributed by atoms with E-state index in [-0.39, 0.29) is 6.09 Å². The van der Waals surface area contributed by atoms with Crippen LogP contribution in [0.15, 0.2) is 0 Å². The number of amides is 1. The molecule has 0 bridgehead atoms. The minimum atomic E-state index is -0.0878. The van der Waals surface area contributed by atoms with E-state index in [4.69, 9.17) is 4.74 Å². The lowest BCUT2D eigenvalue weighted by molar-refractivity contribution is -0.102. The highest BCUT2D eigenvalue weighted by atomic mass is 16.6. The Bertz CT molecular complexity index is 334. The summed E-state index contributed by atoms with van der Waals surface area (Å²) in [6.45, 7) is 7.02. The van der Waals surface area contributed by atoms with E-state index in [0.717, 1.165) is 31.8 Å². The lowest BCUT2D eigenvalue weighted by Gasteiger charge is -2.60. The third kappa shape index (κ3) is 2.02. The van der Waals surface area contributed by atoms with Crippen molar-refractivity contribution in [2.45, 2.75) is 52.4 Å². The summed E-state index contributed by atoms with van der Waals surface area (Å²) < 4.78 is 5.24. The molecule has 1 heterocycles. The quantitative estimate of drug-likeness (QED) is 0.716. The van der Waals surface area contributed by atoms with Gasteiger partial charge in [-0.1, -0.05) is 20.3 Å². The van der Waals surface area contributed by atoms with Gasteiger partial charge < -0.3 is 9.64 Å². The fraction of sp³-hybridized carbons (Fsp3) is 0.933. The second-order valence-corrected chi connectivity index (χ2v) is 7.08. The van der Waals surface area contributed by atoms with Gasteiger partial charge in [0.05, 0.1) is 6.61 Å². The molecule has 0 unspecified atom stereocenters. The zero-order valence-electron chi connectivity index (χ0n) is 11.7. The standard InChI is InChI=1S/C15H25NO2/c1-3-4-7-18-13(17)16-10-15(11-16)8-12(9-15)14(2)5-6-14/h12H,3-11H2,1-2H3. The minimum Gasteiger partial charge on any atom is -0.449 e. The Balaban J connectivity index is 1.37. The Hall–Kier alpha value is -0.730. The molecule has 3 heteroatoms. The van der Waals surface area contributed by atoms with Crippen molar-refractivity contribution in [3.63, 3.8) is 0 Å². The number of ether oxygens (including phenoxy) is 1. The normalized spacial score (nSPS) is 27.6. The van der Waals surface area contributed by atoms with E-state index in [1.165, 1.54) is 25.7 Å². The van der Waals surface area contributed by atoms with Gasteiger partial charge in [-0.25, -0.2) is 4.79 Å². The number of hydrogen-bond donors (Lipinski definition) is 0. The van der Waals surface area contributed by atoms with Gasteiger partial charge in [-0.05, 0) is 43.4 Å². The van der Waals surface area contributed by atoms with Crippen LogP contribution in [0.4, 0.5) is 4.79 Å². The summed E-state index contributed by atoms with van der Waals surface area (Å²) in [6.07, 6.45) is 7.52.